The van der Waals surface area contributed by atoms with Crippen LogP contribution in [0.15, 0.2) is 46.4 Å². The van der Waals surface area contributed by atoms with Crippen molar-refractivity contribution in [2.45, 2.75) is 40.2 Å². The Balaban J connectivity index is 1.95. The van der Waals surface area contributed by atoms with E-state index in [2.05, 4.69) is 28.2 Å². The van der Waals surface area contributed by atoms with Gasteiger partial charge in [0.1, 0.15) is 11.3 Å². The van der Waals surface area contributed by atoms with Gasteiger partial charge in [-0.15, -0.1) is 0 Å². The zero-order chi connectivity index (χ0) is 22.0. The first-order valence-corrected chi connectivity index (χ1v) is 10.9. The number of hydrogen-bond donors (Lipinski definition) is 1. The largest absolute Gasteiger partial charge is 0.490 e. The molecule has 0 saturated carbocycles. The number of rotatable bonds is 5. The van der Waals surface area contributed by atoms with Gasteiger partial charge in [-0.1, -0.05) is 30.7 Å². The molecule has 7 heteroatoms. The number of benzene rings is 2. The lowest BCUT2D eigenvalue weighted by Gasteiger charge is -2.30. The number of thiocarbonyl (C=S) groups is 1. The van der Waals surface area contributed by atoms with Crippen molar-refractivity contribution in [2.75, 3.05) is 4.90 Å². The van der Waals surface area contributed by atoms with Crippen LogP contribution < -0.4 is 15.0 Å². The number of ether oxygens (including phenoxy) is 1. The van der Waals surface area contributed by atoms with Gasteiger partial charge >= 0.3 is 0 Å². The van der Waals surface area contributed by atoms with Crippen LogP contribution in [0.4, 0.5) is 5.69 Å². The van der Waals surface area contributed by atoms with Crippen LogP contribution in [0.2, 0.25) is 0 Å². The lowest BCUT2D eigenvalue weighted by molar-refractivity contribution is -0.122. The van der Waals surface area contributed by atoms with Gasteiger partial charge in [0, 0.05) is 0 Å². The summed E-state index contributed by atoms with van der Waals surface area (Å²) in [5.74, 6) is -0.252. The number of hydrogen-bond acceptors (Lipinski definition) is 4. The predicted octanol–water partition coefficient (Wildman–Crippen LogP) is 5.07. The third-order valence-electron chi connectivity index (χ3n) is 4.86. The third-order valence-corrected chi connectivity index (χ3v) is 5.77. The van der Waals surface area contributed by atoms with Gasteiger partial charge < -0.3 is 4.74 Å². The number of aryl methyl sites for hydroxylation is 2. The Morgan fingerprint density at radius 1 is 1.20 bits per heavy atom. The lowest BCUT2D eigenvalue weighted by atomic mass is 10.0. The highest BCUT2D eigenvalue weighted by Gasteiger charge is 2.35. The van der Waals surface area contributed by atoms with E-state index >= 15 is 0 Å². The lowest BCUT2D eigenvalue weighted by Crippen LogP contribution is -2.54. The van der Waals surface area contributed by atoms with Crippen LogP contribution in [0, 0.1) is 13.8 Å². The molecule has 1 N–H and O–H groups in total. The summed E-state index contributed by atoms with van der Waals surface area (Å²) >= 11 is 8.79. The molecule has 156 valence electrons. The van der Waals surface area contributed by atoms with E-state index in [4.69, 9.17) is 17.0 Å². The van der Waals surface area contributed by atoms with Crippen LogP contribution >= 0.6 is 28.1 Å². The van der Waals surface area contributed by atoms with Crippen molar-refractivity contribution in [2.24, 2.45) is 0 Å². The molecule has 1 aliphatic rings. The fourth-order valence-electron chi connectivity index (χ4n) is 3.10. The molecule has 1 heterocycles. The first kappa shape index (κ1) is 22.2. The second kappa shape index (κ2) is 9.10. The molecule has 0 spiro atoms. The Labute approximate surface area is 190 Å². The number of nitrogens with one attached hydrogen (secondary N) is 1. The molecule has 3 rings (SSSR count). The van der Waals surface area contributed by atoms with Gasteiger partial charge in [0.05, 0.1) is 16.3 Å². The van der Waals surface area contributed by atoms with Gasteiger partial charge in [-0.25, -0.2) is 0 Å². The second-order valence-corrected chi connectivity index (χ2v) is 8.52. The molecule has 5 nitrogen and oxygen atoms in total. The summed E-state index contributed by atoms with van der Waals surface area (Å²) in [6, 6.07) is 11.2. The van der Waals surface area contributed by atoms with Crippen LogP contribution in [0.5, 0.6) is 5.75 Å². The summed E-state index contributed by atoms with van der Waals surface area (Å²) in [6.45, 7) is 7.94. The highest BCUT2D eigenvalue weighted by Crippen LogP contribution is 2.30. The molecule has 0 aromatic heterocycles. The molecule has 0 bridgehead atoms. The van der Waals surface area contributed by atoms with Crippen LogP contribution in [0.1, 0.15) is 37.0 Å². The van der Waals surface area contributed by atoms with E-state index in [-0.39, 0.29) is 16.8 Å². The highest BCUT2D eigenvalue weighted by atomic mass is 79.9. The van der Waals surface area contributed by atoms with Gasteiger partial charge in [-0.05, 0) is 90.7 Å². The summed E-state index contributed by atoms with van der Waals surface area (Å²) in [6.07, 6.45) is 2.54. The summed E-state index contributed by atoms with van der Waals surface area (Å²) < 4.78 is 6.61. The number of carbonyl (C=O) groups is 2. The maximum Gasteiger partial charge on any atom is 0.270 e. The third kappa shape index (κ3) is 4.63. The quantitative estimate of drug-likeness (QED) is 0.363. The van der Waals surface area contributed by atoms with E-state index in [1.54, 1.807) is 6.08 Å². The van der Waals surface area contributed by atoms with E-state index in [9.17, 15) is 9.59 Å². The summed E-state index contributed by atoms with van der Waals surface area (Å²) in [7, 11) is 0. The van der Waals surface area contributed by atoms with Gasteiger partial charge in [-0.2, -0.15) is 0 Å². The normalized spacial score (nSPS) is 16.6. The van der Waals surface area contributed by atoms with E-state index in [1.807, 2.05) is 57.2 Å². The van der Waals surface area contributed by atoms with Crippen molar-refractivity contribution in [1.82, 2.24) is 5.32 Å². The fraction of sp³-hybridized carbons (Fsp3) is 0.261. The molecule has 2 aromatic rings. The van der Waals surface area contributed by atoms with E-state index in [0.717, 1.165) is 22.0 Å². The van der Waals surface area contributed by atoms with Crippen molar-refractivity contribution in [3.05, 3.63) is 63.1 Å². The first-order chi connectivity index (χ1) is 14.2. The topological polar surface area (TPSA) is 58.6 Å². The minimum atomic E-state index is -0.512. The molecule has 1 fully saturated rings. The van der Waals surface area contributed by atoms with Crippen LogP contribution in [-0.2, 0) is 9.59 Å². The maximum absolute atomic E-state index is 13.2. The Morgan fingerprint density at radius 2 is 1.93 bits per heavy atom. The SMILES string of the molecule is CC[C@@H](C)Oc1ccc(/C=C2\C(=O)NC(=S)N(c3ccc(C)cc3C)C2=O)cc1Br. The molecule has 1 aliphatic heterocycles. The monoisotopic (exact) mass is 486 g/mol. The van der Waals surface area contributed by atoms with Crippen molar-refractivity contribution >= 4 is 56.8 Å². The molecule has 1 atom stereocenters. The molecule has 2 amide bonds. The van der Waals surface area contributed by atoms with E-state index < -0.39 is 11.8 Å². The average molecular weight is 487 g/mol. The summed E-state index contributed by atoms with van der Waals surface area (Å²) in [5.41, 5.74) is 3.35. The molecule has 0 unspecified atom stereocenters. The average Bonchev–Trinajstić information content (AvgIpc) is 2.68. The van der Waals surface area contributed by atoms with Crippen LogP contribution in [0.25, 0.3) is 6.08 Å². The Morgan fingerprint density at radius 3 is 2.57 bits per heavy atom. The van der Waals surface area contributed by atoms with Crippen LogP contribution in [0.3, 0.4) is 0 Å². The van der Waals surface area contributed by atoms with Gasteiger partial charge in [0.25, 0.3) is 11.8 Å². The van der Waals surface area contributed by atoms with Crippen molar-refractivity contribution in [3.8, 4) is 5.75 Å². The summed E-state index contributed by atoms with van der Waals surface area (Å²) in [4.78, 5) is 27.1. The van der Waals surface area contributed by atoms with Crippen molar-refractivity contribution in [1.29, 1.82) is 0 Å². The van der Waals surface area contributed by atoms with Crippen molar-refractivity contribution in [3.63, 3.8) is 0 Å². The number of carbonyl (C=O) groups excluding carboxylic acids is 2. The number of amides is 2. The Bertz CT molecular complexity index is 1060. The maximum atomic E-state index is 13.2. The first-order valence-electron chi connectivity index (χ1n) is 9.66. The highest BCUT2D eigenvalue weighted by molar-refractivity contribution is 9.10. The van der Waals surface area contributed by atoms with E-state index in [0.29, 0.717) is 17.0 Å². The standard InChI is InChI=1S/C23H23BrN2O3S/c1-5-15(4)29-20-9-7-16(12-18(20)24)11-17-21(27)25-23(30)26(22(17)28)19-8-6-13(2)10-14(19)3/h6-12,15H,5H2,1-4H3,(H,25,27,30)/b17-11+/t15-/m1/s1. The minimum absolute atomic E-state index is 0.0195. The van der Waals surface area contributed by atoms with Gasteiger partial charge in [0.2, 0.25) is 0 Å². The molecule has 0 aliphatic carbocycles. The Kier molecular flexibility index (Phi) is 6.73. The van der Waals surface area contributed by atoms with Crippen molar-refractivity contribution < 1.29 is 14.3 Å². The summed E-state index contributed by atoms with van der Waals surface area (Å²) in [5, 5.41) is 2.70. The molecule has 0 radical (unpaired) electrons. The number of anilines is 1. The number of halogens is 1. The Hall–Kier alpha value is -2.51. The van der Waals surface area contributed by atoms with Crippen LogP contribution in [-0.4, -0.2) is 23.0 Å². The molecule has 30 heavy (non-hydrogen) atoms. The van der Waals surface area contributed by atoms with E-state index in [1.165, 1.54) is 4.90 Å². The fourth-order valence-corrected chi connectivity index (χ4v) is 3.87. The second-order valence-electron chi connectivity index (χ2n) is 7.27. The molecule has 2 aromatic carbocycles. The zero-order valence-electron chi connectivity index (χ0n) is 17.3. The zero-order valence-corrected chi connectivity index (χ0v) is 19.7. The molecular formula is C23H23BrN2O3S. The predicted molar refractivity (Wildman–Crippen MR) is 127 cm³/mol. The molecule has 1 saturated heterocycles. The molecular weight excluding hydrogens is 464 g/mol. The minimum Gasteiger partial charge on any atom is -0.490 e. The number of nitrogens with zero attached hydrogens (tertiary/aromatic N) is 1. The van der Waals surface area contributed by atoms with Gasteiger partial charge in [-0.3, -0.25) is 19.8 Å². The van der Waals surface area contributed by atoms with Gasteiger partial charge in [0.15, 0.2) is 5.11 Å². The smallest absolute Gasteiger partial charge is 0.270 e.